The molecule has 0 amide bonds. The van der Waals surface area contributed by atoms with E-state index < -0.39 is 9.04 Å². The van der Waals surface area contributed by atoms with Crippen LogP contribution in [0.4, 0.5) is 0 Å². The fourth-order valence-electron chi connectivity index (χ4n) is 1.93. The Kier molecular flexibility index (Phi) is 3.23. The van der Waals surface area contributed by atoms with Gasteiger partial charge >= 0.3 is 0 Å². The Hall–Kier alpha value is -1.29. The van der Waals surface area contributed by atoms with E-state index in [-0.39, 0.29) is 5.41 Å². The molecular weight excluding hydrogens is 240 g/mol. The minimum Gasteiger partial charge on any atom is -0.547 e. The molecule has 0 aliphatic carbocycles. The molecule has 4 heteroatoms. The lowest BCUT2D eigenvalue weighted by molar-refractivity contribution is 0.554. The molecule has 3 nitrogen and oxygen atoms in total. The summed E-state index contributed by atoms with van der Waals surface area (Å²) in [7, 11) is -1.07. The normalized spacial score (nSPS) is 12.4. The lowest BCUT2D eigenvalue weighted by Gasteiger charge is -2.14. The van der Waals surface area contributed by atoms with E-state index in [1.165, 1.54) is 0 Å². The van der Waals surface area contributed by atoms with Crippen molar-refractivity contribution in [3.8, 4) is 5.75 Å². The number of aromatic nitrogens is 2. The summed E-state index contributed by atoms with van der Waals surface area (Å²) in [5, 5.41) is 0. The van der Waals surface area contributed by atoms with Gasteiger partial charge in [0.25, 0.3) is 0 Å². The topological polar surface area (TPSA) is 37.9 Å². The van der Waals surface area contributed by atoms with E-state index in [0.717, 1.165) is 28.2 Å². The van der Waals surface area contributed by atoms with Gasteiger partial charge in [0.05, 0.1) is 11.0 Å². The molecule has 1 heterocycles. The molecule has 0 aliphatic heterocycles. The molecular formula is C14H22N2OSi. The van der Waals surface area contributed by atoms with E-state index in [4.69, 9.17) is 4.43 Å². The van der Waals surface area contributed by atoms with Crippen molar-refractivity contribution < 1.29 is 4.43 Å². The second kappa shape index (κ2) is 4.43. The van der Waals surface area contributed by atoms with Crippen LogP contribution in [0.25, 0.3) is 11.0 Å². The summed E-state index contributed by atoms with van der Waals surface area (Å²) >= 11 is 0. The number of rotatable bonds is 2. The molecule has 18 heavy (non-hydrogen) atoms. The second-order valence-electron chi connectivity index (χ2n) is 6.08. The van der Waals surface area contributed by atoms with E-state index in [9.17, 15) is 0 Å². The molecule has 0 saturated carbocycles. The van der Waals surface area contributed by atoms with Gasteiger partial charge in [0.2, 0.25) is 9.04 Å². The van der Waals surface area contributed by atoms with E-state index in [0.29, 0.717) is 0 Å². The first kappa shape index (κ1) is 13.1. The van der Waals surface area contributed by atoms with Crippen LogP contribution in [0.2, 0.25) is 13.1 Å². The standard InChI is InChI=1S/C14H22N2OSi/c1-9-11(17-18(5)6)8-7-10-12(9)16-13(15-10)14(2,3)4/h7-8,18H,1-6H3,(H,15,16). The molecule has 2 rings (SSSR count). The summed E-state index contributed by atoms with van der Waals surface area (Å²) in [5.41, 5.74) is 3.33. The van der Waals surface area contributed by atoms with Crippen LogP contribution in [0.1, 0.15) is 32.2 Å². The number of imidazole rings is 1. The number of aryl methyl sites for hydroxylation is 1. The maximum Gasteiger partial charge on any atom is 0.229 e. The first-order chi connectivity index (χ1) is 8.29. The smallest absolute Gasteiger partial charge is 0.229 e. The number of hydrogen-bond donors (Lipinski definition) is 1. The summed E-state index contributed by atoms with van der Waals surface area (Å²) in [6, 6.07) is 4.08. The van der Waals surface area contributed by atoms with Gasteiger partial charge in [-0.2, -0.15) is 0 Å². The molecule has 0 radical (unpaired) electrons. The first-order valence-electron chi connectivity index (χ1n) is 6.45. The quantitative estimate of drug-likeness (QED) is 0.841. The SMILES string of the molecule is Cc1c(O[SiH](C)C)ccc2nc(C(C)(C)C)[nH]c12. The lowest BCUT2D eigenvalue weighted by Crippen LogP contribution is -2.13. The van der Waals surface area contributed by atoms with Crippen LogP contribution in [-0.4, -0.2) is 19.0 Å². The van der Waals surface area contributed by atoms with Gasteiger partial charge in [0.15, 0.2) is 0 Å². The van der Waals surface area contributed by atoms with Crippen LogP contribution < -0.4 is 4.43 Å². The van der Waals surface area contributed by atoms with Gasteiger partial charge in [0, 0.05) is 11.0 Å². The Labute approximate surface area is 110 Å². The summed E-state index contributed by atoms with van der Waals surface area (Å²) < 4.78 is 5.94. The molecule has 1 aromatic carbocycles. The zero-order valence-corrected chi connectivity index (χ0v) is 13.2. The van der Waals surface area contributed by atoms with Crippen molar-refractivity contribution in [1.82, 2.24) is 9.97 Å². The van der Waals surface area contributed by atoms with E-state index in [2.05, 4.69) is 50.8 Å². The Balaban J connectivity index is 2.54. The number of nitrogens with zero attached hydrogens (tertiary/aromatic N) is 1. The molecule has 98 valence electrons. The molecule has 0 fully saturated rings. The van der Waals surface area contributed by atoms with Crippen molar-refractivity contribution in [3.63, 3.8) is 0 Å². The van der Waals surface area contributed by atoms with Crippen LogP contribution >= 0.6 is 0 Å². The Morgan fingerprint density at radius 2 is 1.89 bits per heavy atom. The summed E-state index contributed by atoms with van der Waals surface area (Å²) in [4.78, 5) is 8.11. The third-order valence-corrected chi connectivity index (χ3v) is 3.67. The predicted octanol–water partition coefficient (Wildman–Crippen LogP) is 3.53. The zero-order valence-electron chi connectivity index (χ0n) is 12.1. The molecule has 1 aromatic heterocycles. The van der Waals surface area contributed by atoms with Crippen LogP contribution in [0.5, 0.6) is 5.75 Å². The number of fused-ring (bicyclic) bond motifs is 1. The first-order valence-corrected chi connectivity index (χ1v) is 9.23. The highest BCUT2D eigenvalue weighted by atomic mass is 28.3. The summed E-state index contributed by atoms with van der Waals surface area (Å²) in [5.74, 6) is 2.02. The molecule has 2 aromatic rings. The van der Waals surface area contributed by atoms with Crippen molar-refractivity contribution in [1.29, 1.82) is 0 Å². The van der Waals surface area contributed by atoms with Crippen molar-refractivity contribution in [2.24, 2.45) is 0 Å². The molecule has 0 aliphatic rings. The maximum atomic E-state index is 5.94. The largest absolute Gasteiger partial charge is 0.547 e. The Bertz CT molecular complexity index is 567. The summed E-state index contributed by atoms with van der Waals surface area (Å²) in [6.45, 7) is 12.9. The van der Waals surface area contributed by atoms with Crippen LogP contribution in [-0.2, 0) is 5.41 Å². The Morgan fingerprint density at radius 1 is 1.22 bits per heavy atom. The van der Waals surface area contributed by atoms with Crippen molar-refractivity contribution >= 4 is 20.1 Å². The highest BCUT2D eigenvalue weighted by molar-refractivity contribution is 6.49. The van der Waals surface area contributed by atoms with Crippen LogP contribution in [0.15, 0.2) is 12.1 Å². The predicted molar refractivity (Wildman–Crippen MR) is 79.0 cm³/mol. The fraction of sp³-hybridized carbons (Fsp3) is 0.500. The molecule has 0 bridgehead atoms. The van der Waals surface area contributed by atoms with Gasteiger partial charge in [-0.25, -0.2) is 4.98 Å². The number of H-pyrrole nitrogens is 1. The maximum absolute atomic E-state index is 5.94. The second-order valence-corrected chi connectivity index (χ2v) is 8.42. The molecule has 0 unspecified atom stereocenters. The van der Waals surface area contributed by atoms with Gasteiger partial charge in [-0.15, -0.1) is 0 Å². The van der Waals surface area contributed by atoms with E-state index >= 15 is 0 Å². The third kappa shape index (κ3) is 2.43. The molecule has 0 saturated heterocycles. The lowest BCUT2D eigenvalue weighted by atomic mass is 9.96. The third-order valence-electron chi connectivity index (χ3n) is 2.94. The fourth-order valence-corrected chi connectivity index (χ4v) is 2.70. The molecule has 0 spiro atoms. The minimum atomic E-state index is -1.07. The van der Waals surface area contributed by atoms with E-state index in [1.54, 1.807) is 0 Å². The van der Waals surface area contributed by atoms with Crippen LogP contribution in [0, 0.1) is 6.92 Å². The van der Waals surface area contributed by atoms with Gasteiger partial charge in [-0.3, -0.25) is 0 Å². The average Bonchev–Trinajstić information content (AvgIpc) is 2.66. The van der Waals surface area contributed by atoms with Gasteiger partial charge in [0.1, 0.15) is 11.6 Å². The van der Waals surface area contributed by atoms with Crippen molar-refractivity contribution in [2.75, 3.05) is 0 Å². The number of hydrogen-bond acceptors (Lipinski definition) is 2. The summed E-state index contributed by atoms with van der Waals surface area (Å²) in [6.07, 6.45) is 0. The van der Waals surface area contributed by atoms with Gasteiger partial charge in [-0.05, 0) is 32.2 Å². The minimum absolute atomic E-state index is 0.0410. The number of aromatic amines is 1. The Morgan fingerprint density at radius 3 is 2.44 bits per heavy atom. The van der Waals surface area contributed by atoms with Crippen LogP contribution in [0.3, 0.4) is 0 Å². The average molecular weight is 262 g/mol. The number of benzene rings is 1. The monoisotopic (exact) mass is 262 g/mol. The van der Waals surface area contributed by atoms with Crippen molar-refractivity contribution in [3.05, 3.63) is 23.5 Å². The van der Waals surface area contributed by atoms with Gasteiger partial charge in [-0.1, -0.05) is 20.8 Å². The van der Waals surface area contributed by atoms with Gasteiger partial charge < -0.3 is 9.41 Å². The highest BCUT2D eigenvalue weighted by Gasteiger charge is 2.19. The molecule has 0 atom stereocenters. The number of nitrogens with one attached hydrogen (secondary N) is 1. The molecule has 1 N–H and O–H groups in total. The highest BCUT2D eigenvalue weighted by Crippen LogP contribution is 2.29. The van der Waals surface area contributed by atoms with Crippen molar-refractivity contribution in [2.45, 2.75) is 46.2 Å². The van der Waals surface area contributed by atoms with E-state index in [1.807, 2.05) is 12.1 Å². The zero-order chi connectivity index (χ0) is 13.5.